The molecule has 0 atom stereocenters. The highest BCUT2D eigenvalue weighted by molar-refractivity contribution is 7.98. The van der Waals surface area contributed by atoms with Crippen molar-refractivity contribution in [2.45, 2.75) is 10.6 Å². The van der Waals surface area contributed by atoms with Crippen LogP contribution in [0.3, 0.4) is 0 Å². The normalized spacial score (nSPS) is 10.7. The number of nitrogen functional groups attached to an aromatic ring is 1. The molecule has 3 rings (SSSR count). The number of thioether (sulfide) groups is 1. The van der Waals surface area contributed by atoms with E-state index in [9.17, 15) is 0 Å². The Hall–Kier alpha value is -2.00. The predicted molar refractivity (Wildman–Crippen MR) is 82.2 cm³/mol. The van der Waals surface area contributed by atoms with Gasteiger partial charge in [-0.1, -0.05) is 30.3 Å². The molecule has 0 spiro atoms. The van der Waals surface area contributed by atoms with E-state index in [-0.39, 0.29) is 0 Å². The van der Waals surface area contributed by atoms with Gasteiger partial charge in [0.1, 0.15) is 0 Å². The van der Waals surface area contributed by atoms with Gasteiger partial charge in [-0.05, 0) is 29.8 Å². The minimum atomic E-state index is 0.825. The second kappa shape index (κ2) is 5.33. The van der Waals surface area contributed by atoms with E-state index >= 15 is 0 Å². The van der Waals surface area contributed by atoms with Crippen LogP contribution in [0.25, 0.3) is 10.9 Å². The minimum Gasteiger partial charge on any atom is -0.397 e. The molecule has 0 bridgehead atoms. The van der Waals surface area contributed by atoms with Gasteiger partial charge in [-0.2, -0.15) is 0 Å². The monoisotopic (exact) mass is 266 g/mol. The van der Waals surface area contributed by atoms with Crippen molar-refractivity contribution < 1.29 is 0 Å². The number of anilines is 1. The average molecular weight is 266 g/mol. The van der Waals surface area contributed by atoms with Gasteiger partial charge in [0.05, 0.1) is 11.2 Å². The molecule has 94 valence electrons. The molecular weight excluding hydrogens is 252 g/mol. The highest BCUT2D eigenvalue weighted by Crippen LogP contribution is 2.32. The van der Waals surface area contributed by atoms with Crippen LogP contribution >= 0.6 is 11.8 Å². The Labute approximate surface area is 116 Å². The lowest BCUT2D eigenvalue weighted by Crippen LogP contribution is -1.92. The van der Waals surface area contributed by atoms with Crippen molar-refractivity contribution >= 4 is 28.4 Å². The maximum atomic E-state index is 6.22. The zero-order chi connectivity index (χ0) is 13.1. The fraction of sp³-hybridized carbons (Fsp3) is 0.0625. The van der Waals surface area contributed by atoms with Crippen LogP contribution in [0.2, 0.25) is 0 Å². The van der Waals surface area contributed by atoms with E-state index in [2.05, 4.69) is 35.3 Å². The van der Waals surface area contributed by atoms with Gasteiger partial charge in [-0.25, -0.2) is 0 Å². The number of fused-ring (bicyclic) bond motifs is 1. The Balaban J connectivity index is 1.87. The molecule has 0 saturated heterocycles. The third kappa shape index (κ3) is 2.56. The second-order valence-corrected chi connectivity index (χ2v) is 5.34. The van der Waals surface area contributed by atoms with Gasteiger partial charge in [0.15, 0.2) is 0 Å². The molecule has 0 aliphatic rings. The first-order valence-corrected chi connectivity index (χ1v) is 7.13. The van der Waals surface area contributed by atoms with E-state index < -0.39 is 0 Å². The van der Waals surface area contributed by atoms with E-state index in [0.717, 1.165) is 27.2 Å². The maximum Gasteiger partial charge on any atom is 0.0723 e. The highest BCUT2D eigenvalue weighted by atomic mass is 32.2. The Kier molecular flexibility index (Phi) is 3.38. The molecular formula is C16H14N2S. The van der Waals surface area contributed by atoms with E-state index in [1.54, 1.807) is 18.0 Å². The van der Waals surface area contributed by atoms with Gasteiger partial charge in [0.25, 0.3) is 0 Å². The number of hydrogen-bond donors (Lipinski definition) is 1. The van der Waals surface area contributed by atoms with Crippen LogP contribution in [0.15, 0.2) is 65.7 Å². The maximum absolute atomic E-state index is 6.22. The first-order valence-electron chi connectivity index (χ1n) is 6.14. The quantitative estimate of drug-likeness (QED) is 0.573. The third-order valence-corrected chi connectivity index (χ3v) is 4.17. The number of aromatic nitrogens is 1. The van der Waals surface area contributed by atoms with Crippen LogP contribution in [0.4, 0.5) is 5.69 Å². The summed E-state index contributed by atoms with van der Waals surface area (Å²) < 4.78 is 0. The molecule has 0 fully saturated rings. The highest BCUT2D eigenvalue weighted by Gasteiger charge is 2.05. The molecule has 1 aromatic heterocycles. The van der Waals surface area contributed by atoms with Crippen molar-refractivity contribution in [2.24, 2.45) is 0 Å². The second-order valence-electron chi connectivity index (χ2n) is 4.32. The molecule has 0 radical (unpaired) electrons. The molecule has 2 N–H and O–H groups in total. The van der Waals surface area contributed by atoms with E-state index in [1.807, 2.05) is 24.3 Å². The van der Waals surface area contributed by atoms with E-state index in [0.29, 0.717) is 0 Å². The molecule has 0 unspecified atom stereocenters. The van der Waals surface area contributed by atoms with Crippen LogP contribution in [-0.2, 0) is 5.75 Å². The number of pyridine rings is 1. The fourth-order valence-corrected chi connectivity index (χ4v) is 2.96. The molecule has 1 heterocycles. The fourth-order valence-electron chi connectivity index (χ4n) is 2.02. The Morgan fingerprint density at radius 3 is 2.63 bits per heavy atom. The van der Waals surface area contributed by atoms with Gasteiger partial charge >= 0.3 is 0 Å². The van der Waals surface area contributed by atoms with Crippen LogP contribution in [0.1, 0.15) is 5.56 Å². The topological polar surface area (TPSA) is 38.9 Å². The number of benzene rings is 2. The lowest BCUT2D eigenvalue weighted by atomic mass is 10.2. The average Bonchev–Trinajstić information content (AvgIpc) is 2.48. The van der Waals surface area contributed by atoms with Gasteiger partial charge in [-0.15, -0.1) is 11.8 Å². The van der Waals surface area contributed by atoms with Gasteiger partial charge in [-0.3, -0.25) is 4.98 Å². The van der Waals surface area contributed by atoms with Crippen molar-refractivity contribution in [3.8, 4) is 0 Å². The molecule has 0 aliphatic heterocycles. The molecule has 0 amide bonds. The standard InChI is InChI=1S/C16H14N2S/c17-16-13-7-4-10-18-14(13)8-9-15(16)19-11-12-5-2-1-3-6-12/h1-10H,11,17H2. The number of hydrogen-bond acceptors (Lipinski definition) is 3. The van der Waals surface area contributed by atoms with Crippen LogP contribution in [0, 0.1) is 0 Å². The number of nitrogens with zero attached hydrogens (tertiary/aromatic N) is 1. The Morgan fingerprint density at radius 1 is 0.947 bits per heavy atom. The smallest absolute Gasteiger partial charge is 0.0723 e. The summed E-state index contributed by atoms with van der Waals surface area (Å²) in [5, 5.41) is 1.03. The first-order chi connectivity index (χ1) is 9.34. The summed E-state index contributed by atoms with van der Waals surface area (Å²) in [6.07, 6.45) is 1.79. The third-order valence-electron chi connectivity index (χ3n) is 3.02. The molecule has 0 saturated carbocycles. The summed E-state index contributed by atoms with van der Waals surface area (Å²) in [4.78, 5) is 5.43. The SMILES string of the molecule is Nc1c(SCc2ccccc2)ccc2ncccc12. The number of rotatable bonds is 3. The molecule has 19 heavy (non-hydrogen) atoms. The Morgan fingerprint density at radius 2 is 1.79 bits per heavy atom. The van der Waals surface area contributed by atoms with Gasteiger partial charge < -0.3 is 5.73 Å². The van der Waals surface area contributed by atoms with Crippen molar-refractivity contribution in [2.75, 3.05) is 5.73 Å². The molecule has 3 heteroatoms. The largest absolute Gasteiger partial charge is 0.397 e. The summed E-state index contributed by atoms with van der Waals surface area (Å²) in [7, 11) is 0. The summed E-state index contributed by atoms with van der Waals surface area (Å²) in [6, 6.07) is 18.4. The van der Waals surface area contributed by atoms with Gasteiger partial charge in [0.2, 0.25) is 0 Å². The zero-order valence-corrected chi connectivity index (χ0v) is 11.2. The predicted octanol–water partition coefficient (Wildman–Crippen LogP) is 4.11. The minimum absolute atomic E-state index is 0.825. The van der Waals surface area contributed by atoms with Crippen LogP contribution in [0.5, 0.6) is 0 Å². The van der Waals surface area contributed by atoms with Crippen molar-refractivity contribution in [3.63, 3.8) is 0 Å². The lowest BCUT2D eigenvalue weighted by Gasteiger charge is -2.08. The van der Waals surface area contributed by atoms with Crippen LogP contribution < -0.4 is 5.73 Å². The summed E-state index contributed by atoms with van der Waals surface area (Å²) in [5.74, 6) is 0.927. The first kappa shape index (κ1) is 12.1. The van der Waals surface area contributed by atoms with E-state index in [4.69, 9.17) is 5.73 Å². The lowest BCUT2D eigenvalue weighted by molar-refractivity contribution is 1.37. The molecule has 2 aromatic carbocycles. The van der Waals surface area contributed by atoms with Crippen molar-refractivity contribution in [1.82, 2.24) is 4.98 Å². The summed E-state index contributed by atoms with van der Waals surface area (Å²) in [6.45, 7) is 0. The van der Waals surface area contributed by atoms with Crippen LogP contribution in [-0.4, -0.2) is 4.98 Å². The summed E-state index contributed by atoms with van der Waals surface area (Å²) in [5.41, 5.74) is 9.30. The molecule has 0 aliphatic carbocycles. The zero-order valence-electron chi connectivity index (χ0n) is 10.4. The Bertz CT molecular complexity index is 695. The number of nitrogens with two attached hydrogens (primary N) is 1. The molecule has 2 nitrogen and oxygen atoms in total. The van der Waals surface area contributed by atoms with Crippen molar-refractivity contribution in [3.05, 3.63) is 66.4 Å². The van der Waals surface area contributed by atoms with Gasteiger partial charge in [0, 0.05) is 22.2 Å². The van der Waals surface area contributed by atoms with Crippen molar-refractivity contribution in [1.29, 1.82) is 0 Å². The summed E-state index contributed by atoms with van der Waals surface area (Å²) >= 11 is 1.76. The molecule has 3 aromatic rings. The van der Waals surface area contributed by atoms with E-state index in [1.165, 1.54) is 5.56 Å².